The van der Waals surface area contributed by atoms with Gasteiger partial charge in [-0.15, -0.1) is 0 Å². The van der Waals surface area contributed by atoms with Crippen LogP contribution in [-0.4, -0.2) is 16.2 Å². The van der Waals surface area contributed by atoms with E-state index in [4.69, 9.17) is 20.5 Å². The van der Waals surface area contributed by atoms with E-state index in [1.165, 1.54) is 6.33 Å². The maximum absolute atomic E-state index is 8.99. The summed E-state index contributed by atoms with van der Waals surface area (Å²) in [7, 11) is 0. The Hall–Kier alpha value is -3.30. The Morgan fingerprint density at radius 3 is 2.48 bits per heavy atom. The number of nitrogens with zero attached hydrogens (tertiary/aromatic N) is 5. The predicted molar refractivity (Wildman–Crippen MR) is 72.9 cm³/mol. The van der Waals surface area contributed by atoms with Gasteiger partial charge in [-0.2, -0.15) is 15.8 Å². The third-order valence-corrected chi connectivity index (χ3v) is 2.86. The third kappa shape index (κ3) is 3.37. The van der Waals surface area contributed by atoms with Crippen molar-refractivity contribution in [3.8, 4) is 24.0 Å². The molecule has 21 heavy (non-hydrogen) atoms. The number of benzene rings is 1. The summed E-state index contributed by atoms with van der Waals surface area (Å²) in [4.78, 5) is 3.86. The van der Waals surface area contributed by atoms with Crippen LogP contribution in [0.3, 0.4) is 0 Å². The Morgan fingerprint density at radius 2 is 1.86 bits per heavy atom. The molecule has 0 amide bonds. The molecule has 0 unspecified atom stereocenters. The smallest absolute Gasteiger partial charge is 0.176 e. The van der Waals surface area contributed by atoms with E-state index >= 15 is 0 Å². The molecule has 6 nitrogen and oxygen atoms in total. The van der Waals surface area contributed by atoms with Crippen molar-refractivity contribution < 1.29 is 4.74 Å². The van der Waals surface area contributed by atoms with Gasteiger partial charge in [0.2, 0.25) is 0 Å². The molecule has 2 rings (SSSR count). The van der Waals surface area contributed by atoms with Gasteiger partial charge in [0.05, 0.1) is 25.4 Å². The van der Waals surface area contributed by atoms with Crippen molar-refractivity contribution in [2.24, 2.45) is 0 Å². The number of hydrogen-bond acceptors (Lipinski definition) is 5. The first-order chi connectivity index (χ1) is 10.3. The highest BCUT2D eigenvalue weighted by Crippen LogP contribution is 2.13. The molecule has 0 bridgehead atoms. The Labute approximate surface area is 122 Å². The lowest BCUT2D eigenvalue weighted by Gasteiger charge is -2.07. The van der Waals surface area contributed by atoms with E-state index in [0.29, 0.717) is 25.3 Å². The highest BCUT2D eigenvalue weighted by atomic mass is 16.5. The molecule has 1 aromatic heterocycles. The summed E-state index contributed by atoms with van der Waals surface area (Å²) >= 11 is 0. The number of nitriles is 3. The normalized spacial score (nSPS) is 9.38. The number of imidazole rings is 1. The minimum absolute atomic E-state index is 0.123. The standard InChI is InChI=1S/C15H11N5O/c16-6-5-12-1-3-13(4-2-12)21-8-7-20-11-19-14(9-17)15(20)10-18/h1-4,11H,5,7-8H2. The van der Waals surface area contributed by atoms with Crippen LogP contribution < -0.4 is 4.74 Å². The Bertz CT molecular complexity index is 740. The summed E-state index contributed by atoms with van der Waals surface area (Å²) in [5, 5.41) is 26.4. The summed E-state index contributed by atoms with van der Waals surface area (Å²) in [5.74, 6) is 0.691. The number of ether oxygens (including phenoxy) is 1. The van der Waals surface area contributed by atoms with E-state index in [-0.39, 0.29) is 11.4 Å². The van der Waals surface area contributed by atoms with Crippen LogP contribution in [0.15, 0.2) is 30.6 Å². The van der Waals surface area contributed by atoms with Crippen LogP contribution in [0, 0.1) is 34.0 Å². The van der Waals surface area contributed by atoms with Crippen LogP contribution in [-0.2, 0) is 13.0 Å². The second kappa shape index (κ2) is 6.75. The second-order valence-electron chi connectivity index (χ2n) is 4.19. The lowest BCUT2D eigenvalue weighted by molar-refractivity contribution is 0.297. The van der Waals surface area contributed by atoms with Gasteiger partial charge in [-0.1, -0.05) is 12.1 Å². The minimum Gasteiger partial charge on any atom is -0.492 e. The van der Waals surface area contributed by atoms with Gasteiger partial charge in [0.1, 0.15) is 24.5 Å². The Morgan fingerprint density at radius 1 is 1.10 bits per heavy atom. The lowest BCUT2D eigenvalue weighted by Crippen LogP contribution is -2.09. The second-order valence-corrected chi connectivity index (χ2v) is 4.19. The summed E-state index contributed by atoms with van der Waals surface area (Å²) in [6, 6.07) is 13.2. The van der Waals surface area contributed by atoms with Gasteiger partial charge in [-0.3, -0.25) is 0 Å². The van der Waals surface area contributed by atoms with Gasteiger partial charge in [0.25, 0.3) is 0 Å². The summed E-state index contributed by atoms with van der Waals surface area (Å²) in [5.41, 5.74) is 1.30. The maximum Gasteiger partial charge on any atom is 0.176 e. The first kappa shape index (κ1) is 14.1. The molecule has 2 aromatic rings. The van der Waals surface area contributed by atoms with Crippen LogP contribution in [0.25, 0.3) is 0 Å². The highest BCUT2D eigenvalue weighted by Gasteiger charge is 2.09. The summed E-state index contributed by atoms with van der Waals surface area (Å²) in [6.07, 6.45) is 1.83. The molecule has 0 atom stereocenters. The van der Waals surface area contributed by atoms with E-state index in [9.17, 15) is 0 Å². The molecule has 102 valence electrons. The zero-order valence-corrected chi connectivity index (χ0v) is 11.2. The van der Waals surface area contributed by atoms with E-state index < -0.39 is 0 Å². The average Bonchev–Trinajstić information content (AvgIpc) is 2.91. The van der Waals surface area contributed by atoms with Crippen molar-refractivity contribution in [1.82, 2.24) is 9.55 Å². The quantitative estimate of drug-likeness (QED) is 0.829. The van der Waals surface area contributed by atoms with Crippen LogP contribution in [0.2, 0.25) is 0 Å². The SMILES string of the molecule is N#CCc1ccc(OCCn2cnc(C#N)c2C#N)cc1. The molecule has 1 heterocycles. The van der Waals surface area contributed by atoms with Gasteiger partial charge < -0.3 is 9.30 Å². The number of rotatable bonds is 5. The van der Waals surface area contributed by atoms with Crippen molar-refractivity contribution in [2.75, 3.05) is 6.61 Å². The maximum atomic E-state index is 8.99. The molecule has 0 radical (unpaired) electrons. The summed E-state index contributed by atoms with van der Waals surface area (Å²) in [6.45, 7) is 0.783. The summed E-state index contributed by atoms with van der Waals surface area (Å²) < 4.78 is 7.15. The van der Waals surface area contributed by atoms with E-state index in [1.54, 1.807) is 16.7 Å². The minimum atomic E-state index is 0.123. The van der Waals surface area contributed by atoms with Gasteiger partial charge in [0.15, 0.2) is 11.4 Å². The first-order valence-electron chi connectivity index (χ1n) is 6.22. The molecule has 0 N–H and O–H groups in total. The predicted octanol–water partition coefficient (Wildman–Crippen LogP) is 1.77. The largest absolute Gasteiger partial charge is 0.492 e. The fraction of sp³-hybridized carbons (Fsp3) is 0.200. The first-order valence-corrected chi connectivity index (χ1v) is 6.22. The Kier molecular flexibility index (Phi) is 4.54. The van der Waals surface area contributed by atoms with Crippen LogP contribution in [0.5, 0.6) is 5.75 Å². The van der Waals surface area contributed by atoms with Crippen molar-refractivity contribution >= 4 is 0 Å². The van der Waals surface area contributed by atoms with Crippen LogP contribution in [0.1, 0.15) is 17.0 Å². The highest BCUT2D eigenvalue weighted by molar-refractivity contribution is 5.36. The van der Waals surface area contributed by atoms with Gasteiger partial charge >= 0.3 is 0 Å². The van der Waals surface area contributed by atoms with Gasteiger partial charge in [-0.25, -0.2) is 4.98 Å². The van der Waals surface area contributed by atoms with Crippen molar-refractivity contribution in [3.05, 3.63) is 47.5 Å². The van der Waals surface area contributed by atoms with Crippen molar-refractivity contribution in [1.29, 1.82) is 15.8 Å². The number of hydrogen-bond donors (Lipinski definition) is 0. The molecule has 0 aliphatic carbocycles. The average molecular weight is 277 g/mol. The molecule has 0 aliphatic heterocycles. The molecule has 0 saturated carbocycles. The van der Waals surface area contributed by atoms with Crippen molar-refractivity contribution in [3.63, 3.8) is 0 Å². The molecule has 0 spiro atoms. The van der Waals surface area contributed by atoms with Gasteiger partial charge in [-0.05, 0) is 17.7 Å². The van der Waals surface area contributed by atoms with E-state index in [0.717, 1.165) is 5.56 Å². The molecule has 1 aromatic carbocycles. The third-order valence-electron chi connectivity index (χ3n) is 2.86. The zero-order valence-electron chi connectivity index (χ0n) is 11.2. The molecule has 6 heteroatoms. The van der Waals surface area contributed by atoms with Crippen LogP contribution >= 0.6 is 0 Å². The van der Waals surface area contributed by atoms with E-state index in [2.05, 4.69) is 11.1 Å². The molecular weight excluding hydrogens is 266 g/mol. The fourth-order valence-corrected chi connectivity index (χ4v) is 1.81. The molecule has 0 fully saturated rings. The van der Waals surface area contributed by atoms with Gasteiger partial charge in [0, 0.05) is 0 Å². The molecule has 0 aliphatic rings. The monoisotopic (exact) mass is 277 g/mol. The molecule has 0 saturated heterocycles. The zero-order chi connectivity index (χ0) is 15.1. The van der Waals surface area contributed by atoms with Crippen molar-refractivity contribution in [2.45, 2.75) is 13.0 Å². The van der Waals surface area contributed by atoms with Crippen LogP contribution in [0.4, 0.5) is 0 Å². The lowest BCUT2D eigenvalue weighted by atomic mass is 10.2. The topological polar surface area (TPSA) is 98.4 Å². The Balaban J connectivity index is 1.93. The number of aromatic nitrogens is 2. The van der Waals surface area contributed by atoms with E-state index in [1.807, 2.05) is 24.3 Å². The fourth-order valence-electron chi connectivity index (χ4n) is 1.81. The molecular formula is C15H11N5O.